The number of aromatic amines is 1. The lowest BCUT2D eigenvalue weighted by molar-refractivity contribution is -0.132. The summed E-state index contributed by atoms with van der Waals surface area (Å²) in [5, 5.41) is 9.30. The van der Waals surface area contributed by atoms with Gasteiger partial charge in [0.1, 0.15) is 25.0 Å². The van der Waals surface area contributed by atoms with Crippen LogP contribution in [0.4, 0.5) is 4.79 Å². The number of fused-ring (bicyclic) bond motifs is 1. The first kappa shape index (κ1) is 30.4. The molecule has 0 saturated heterocycles. The van der Waals surface area contributed by atoms with Crippen LogP contribution in [0.5, 0.6) is 0 Å². The van der Waals surface area contributed by atoms with Crippen LogP contribution in [-0.4, -0.2) is 47.3 Å². The van der Waals surface area contributed by atoms with E-state index >= 15 is 0 Å². The van der Waals surface area contributed by atoms with Crippen LogP contribution in [0.3, 0.4) is 0 Å². The molecule has 3 aromatic rings. The topological polar surface area (TPSA) is 129 Å². The van der Waals surface area contributed by atoms with Gasteiger partial charge in [-0.2, -0.15) is 0 Å². The van der Waals surface area contributed by atoms with Gasteiger partial charge in [-0.05, 0) is 29.0 Å². The summed E-state index contributed by atoms with van der Waals surface area (Å²) >= 11 is 0. The number of alkyl carbamates (subject to hydrolysis) is 1. The number of rotatable bonds is 14. The van der Waals surface area contributed by atoms with Crippen LogP contribution in [-0.2, 0) is 32.1 Å². The van der Waals surface area contributed by atoms with Crippen LogP contribution in [0.25, 0.3) is 10.9 Å². The molecule has 0 aliphatic carbocycles. The van der Waals surface area contributed by atoms with Crippen molar-refractivity contribution in [1.82, 2.24) is 20.9 Å². The quantitative estimate of drug-likeness (QED) is 0.224. The maximum absolute atomic E-state index is 13.4. The number of aromatic nitrogens is 1. The van der Waals surface area contributed by atoms with Gasteiger partial charge in [0, 0.05) is 23.5 Å². The molecule has 3 amide bonds. The van der Waals surface area contributed by atoms with E-state index in [2.05, 4.69) is 20.9 Å². The molecule has 3 rings (SSSR count). The van der Waals surface area contributed by atoms with Gasteiger partial charge in [0.15, 0.2) is 0 Å². The molecule has 0 bridgehead atoms. The number of amides is 3. The highest BCUT2D eigenvalue weighted by atomic mass is 16.5. The van der Waals surface area contributed by atoms with Gasteiger partial charge < -0.3 is 30.5 Å². The molecule has 0 spiro atoms. The fraction of sp³-hybridized carbons (Fsp3) is 0.419. The smallest absolute Gasteiger partial charge is 0.408 e. The van der Waals surface area contributed by atoms with Crippen LogP contribution in [0.2, 0.25) is 0 Å². The predicted molar refractivity (Wildman–Crippen MR) is 154 cm³/mol. The lowest BCUT2D eigenvalue weighted by atomic mass is 9.94. The molecule has 1 aromatic heterocycles. The summed E-state index contributed by atoms with van der Waals surface area (Å²) in [7, 11) is 0. The van der Waals surface area contributed by atoms with Crippen molar-refractivity contribution in [3.05, 3.63) is 71.9 Å². The molecule has 2 unspecified atom stereocenters. The van der Waals surface area contributed by atoms with Gasteiger partial charge in [0.25, 0.3) is 0 Å². The zero-order valence-corrected chi connectivity index (χ0v) is 23.6. The summed E-state index contributed by atoms with van der Waals surface area (Å²) < 4.78 is 5.32. The number of hydrogen-bond donors (Lipinski definition) is 4. The van der Waals surface area contributed by atoms with Crippen molar-refractivity contribution in [2.45, 2.75) is 71.7 Å². The van der Waals surface area contributed by atoms with Crippen LogP contribution in [0.15, 0.2) is 60.8 Å². The first-order valence-electron chi connectivity index (χ1n) is 13.9. The second-order valence-electron chi connectivity index (χ2n) is 10.3. The van der Waals surface area contributed by atoms with Crippen LogP contribution < -0.4 is 16.0 Å². The molecule has 0 fully saturated rings. The summed E-state index contributed by atoms with van der Waals surface area (Å²) in [6, 6.07) is 14.4. The first-order valence-corrected chi connectivity index (χ1v) is 13.9. The summed E-state index contributed by atoms with van der Waals surface area (Å²) in [5.41, 5.74) is 2.68. The SMILES string of the molecule is CCC(C)[C@H](NC(=O)OCc1ccccc1)C(=O)N[C@H](C(=O)N[C@H](C=O)Cc1c[nH]c2ccccc12)C(C)CC. The van der Waals surface area contributed by atoms with E-state index in [1.807, 2.05) is 88.5 Å². The maximum Gasteiger partial charge on any atom is 0.408 e. The number of carbonyl (C=O) groups is 4. The molecule has 9 nitrogen and oxygen atoms in total. The van der Waals surface area contributed by atoms with E-state index in [1.165, 1.54) is 0 Å². The highest BCUT2D eigenvalue weighted by molar-refractivity contribution is 5.92. The molecule has 9 heteroatoms. The molecule has 0 aliphatic heterocycles. The van der Waals surface area contributed by atoms with Gasteiger partial charge in [-0.15, -0.1) is 0 Å². The van der Waals surface area contributed by atoms with Crippen molar-refractivity contribution < 1.29 is 23.9 Å². The zero-order chi connectivity index (χ0) is 29.1. The number of para-hydroxylation sites is 1. The average Bonchev–Trinajstić information content (AvgIpc) is 3.39. The molecular weight excluding hydrogens is 508 g/mol. The van der Waals surface area contributed by atoms with Crippen molar-refractivity contribution >= 4 is 35.1 Å². The second-order valence-corrected chi connectivity index (χ2v) is 10.3. The molecular formula is C31H40N4O5. The van der Waals surface area contributed by atoms with E-state index < -0.39 is 36.0 Å². The average molecular weight is 549 g/mol. The van der Waals surface area contributed by atoms with Gasteiger partial charge in [0.2, 0.25) is 11.8 Å². The fourth-order valence-corrected chi connectivity index (χ4v) is 4.48. The van der Waals surface area contributed by atoms with E-state index in [4.69, 9.17) is 4.74 Å². The molecule has 1 heterocycles. The number of nitrogens with one attached hydrogen (secondary N) is 4. The molecule has 0 radical (unpaired) electrons. The van der Waals surface area contributed by atoms with Crippen LogP contribution in [0, 0.1) is 11.8 Å². The number of aldehydes is 1. The largest absolute Gasteiger partial charge is 0.445 e. The number of ether oxygens (including phenoxy) is 1. The summed E-state index contributed by atoms with van der Waals surface area (Å²) in [4.78, 5) is 54.5. The highest BCUT2D eigenvalue weighted by Gasteiger charge is 2.33. The Bertz CT molecular complexity index is 1270. The predicted octanol–water partition coefficient (Wildman–Crippen LogP) is 4.27. The van der Waals surface area contributed by atoms with Crippen molar-refractivity contribution in [3.8, 4) is 0 Å². The van der Waals surface area contributed by atoms with E-state index in [0.717, 1.165) is 22.0 Å². The molecule has 5 atom stereocenters. The third-order valence-corrected chi connectivity index (χ3v) is 7.38. The lowest BCUT2D eigenvalue weighted by Crippen LogP contribution is -2.58. The minimum absolute atomic E-state index is 0.0724. The Balaban J connectivity index is 1.67. The molecule has 4 N–H and O–H groups in total. The normalized spacial score (nSPS) is 14.8. The number of hydrogen-bond acceptors (Lipinski definition) is 5. The Morgan fingerprint density at radius 2 is 1.45 bits per heavy atom. The van der Waals surface area contributed by atoms with Gasteiger partial charge >= 0.3 is 6.09 Å². The van der Waals surface area contributed by atoms with E-state index in [1.54, 1.807) is 0 Å². The molecule has 40 heavy (non-hydrogen) atoms. The fourth-order valence-electron chi connectivity index (χ4n) is 4.48. The van der Waals surface area contributed by atoms with Crippen LogP contribution in [0.1, 0.15) is 51.7 Å². The van der Waals surface area contributed by atoms with Gasteiger partial charge in [-0.1, -0.05) is 89.1 Å². The van der Waals surface area contributed by atoms with Crippen molar-refractivity contribution in [2.75, 3.05) is 0 Å². The van der Waals surface area contributed by atoms with Crippen molar-refractivity contribution in [1.29, 1.82) is 0 Å². The third-order valence-electron chi connectivity index (χ3n) is 7.38. The minimum atomic E-state index is -0.902. The van der Waals surface area contributed by atoms with Gasteiger partial charge in [-0.25, -0.2) is 4.79 Å². The second kappa shape index (κ2) is 14.9. The monoisotopic (exact) mass is 548 g/mol. The zero-order valence-electron chi connectivity index (χ0n) is 23.6. The Kier molecular flexibility index (Phi) is 11.3. The number of carbonyl (C=O) groups excluding carboxylic acids is 4. The lowest BCUT2D eigenvalue weighted by Gasteiger charge is -2.29. The third kappa shape index (κ3) is 8.18. The van der Waals surface area contributed by atoms with Crippen molar-refractivity contribution in [3.63, 3.8) is 0 Å². The van der Waals surface area contributed by atoms with Crippen LogP contribution >= 0.6 is 0 Å². The summed E-state index contributed by atoms with van der Waals surface area (Å²) in [6.45, 7) is 7.62. The molecule has 0 aliphatic rings. The highest BCUT2D eigenvalue weighted by Crippen LogP contribution is 2.19. The Morgan fingerprint density at radius 1 is 0.850 bits per heavy atom. The Labute approximate surface area is 235 Å². The number of H-pyrrole nitrogens is 1. The van der Waals surface area contributed by atoms with E-state index in [-0.39, 0.29) is 18.4 Å². The first-order chi connectivity index (χ1) is 19.3. The molecule has 214 valence electrons. The number of benzene rings is 2. The molecule has 2 aromatic carbocycles. The standard InChI is InChI=1S/C31H40N4O5/c1-5-20(3)27(29(37)33-24(18-36)16-23-17-32-26-15-11-10-14-25(23)26)34-30(38)28(21(4)6-2)35-31(39)40-19-22-12-8-7-9-13-22/h7-15,17-18,20-21,24,27-28,32H,5-6,16,19H2,1-4H3,(H,33,37)(H,34,38)(H,35,39)/t20?,21?,24-,27-,28-/m0/s1. The van der Waals surface area contributed by atoms with Crippen molar-refractivity contribution in [2.24, 2.45) is 11.8 Å². The Morgan fingerprint density at radius 3 is 2.10 bits per heavy atom. The van der Waals surface area contributed by atoms with Gasteiger partial charge in [0.05, 0.1) is 6.04 Å². The Hall–Kier alpha value is -4.14. The van der Waals surface area contributed by atoms with E-state index in [9.17, 15) is 19.2 Å². The minimum Gasteiger partial charge on any atom is -0.445 e. The van der Waals surface area contributed by atoms with Gasteiger partial charge in [-0.3, -0.25) is 9.59 Å². The van der Waals surface area contributed by atoms with E-state index in [0.29, 0.717) is 25.5 Å². The summed E-state index contributed by atoms with van der Waals surface area (Å²) in [5.74, 6) is -1.36. The molecule has 0 saturated carbocycles. The summed E-state index contributed by atoms with van der Waals surface area (Å²) in [6.07, 6.45) is 3.38. The maximum atomic E-state index is 13.4.